The molecular formula is C40H23N5S2. The fourth-order valence-electron chi connectivity index (χ4n) is 6.54. The van der Waals surface area contributed by atoms with Crippen molar-refractivity contribution in [3.8, 4) is 39.3 Å². The maximum atomic E-state index is 5.22. The number of thiazole rings is 1. The van der Waals surface area contributed by atoms with Crippen molar-refractivity contribution in [2.45, 2.75) is 0 Å². The van der Waals surface area contributed by atoms with Crippen molar-refractivity contribution in [2.75, 3.05) is 0 Å². The second kappa shape index (κ2) is 10.4. The topological polar surface area (TPSA) is 56.5 Å². The van der Waals surface area contributed by atoms with Crippen molar-refractivity contribution in [2.24, 2.45) is 0 Å². The van der Waals surface area contributed by atoms with E-state index in [1.165, 1.54) is 30.9 Å². The van der Waals surface area contributed by atoms with E-state index in [1.807, 2.05) is 24.3 Å². The first kappa shape index (κ1) is 26.5. The van der Waals surface area contributed by atoms with Crippen molar-refractivity contribution < 1.29 is 0 Å². The van der Waals surface area contributed by atoms with Crippen LogP contribution in [-0.2, 0) is 0 Å². The Morgan fingerprint density at radius 3 is 1.96 bits per heavy atom. The van der Waals surface area contributed by atoms with Crippen LogP contribution in [0.4, 0.5) is 0 Å². The van der Waals surface area contributed by atoms with E-state index in [2.05, 4.69) is 120 Å². The highest BCUT2D eigenvalue weighted by atomic mass is 32.1. The highest BCUT2D eigenvalue weighted by Gasteiger charge is 2.20. The zero-order chi connectivity index (χ0) is 30.9. The molecule has 0 fully saturated rings. The van der Waals surface area contributed by atoms with Gasteiger partial charge < -0.3 is 0 Å². The van der Waals surface area contributed by atoms with Crippen LogP contribution in [0, 0.1) is 0 Å². The van der Waals surface area contributed by atoms with Crippen LogP contribution in [-0.4, -0.2) is 24.5 Å². The Labute approximate surface area is 277 Å². The molecule has 0 aliphatic rings. The third-order valence-electron chi connectivity index (χ3n) is 8.71. The van der Waals surface area contributed by atoms with Crippen molar-refractivity contribution >= 4 is 74.9 Å². The molecule has 10 aromatic rings. The molecule has 0 unspecified atom stereocenters. The van der Waals surface area contributed by atoms with Crippen LogP contribution in [0.1, 0.15) is 0 Å². The first-order chi connectivity index (χ1) is 23.3. The summed E-state index contributed by atoms with van der Waals surface area (Å²) in [5, 5.41) is 5.77. The molecule has 7 heteroatoms. The predicted molar refractivity (Wildman–Crippen MR) is 197 cm³/mol. The summed E-state index contributed by atoms with van der Waals surface area (Å²) in [6, 6.07) is 48.5. The SMILES string of the molecule is c1ccc(-c2nc(-c3cccc4c3sc3ccc(-c5nc6ccccc6s5)cc34)nc(-n3c4ccccc4c4ccccc43)n2)cc1. The van der Waals surface area contributed by atoms with Gasteiger partial charge in [-0.2, -0.15) is 9.97 Å². The summed E-state index contributed by atoms with van der Waals surface area (Å²) in [7, 11) is 0. The lowest BCUT2D eigenvalue weighted by molar-refractivity contribution is 0.954. The molecule has 0 bridgehead atoms. The number of hydrogen-bond donors (Lipinski definition) is 0. The van der Waals surface area contributed by atoms with Crippen LogP contribution >= 0.6 is 22.7 Å². The van der Waals surface area contributed by atoms with Gasteiger partial charge in [-0.25, -0.2) is 9.97 Å². The molecule has 0 radical (unpaired) electrons. The average Bonchev–Trinajstić information content (AvgIpc) is 3.83. The molecule has 0 spiro atoms. The minimum Gasteiger partial charge on any atom is -0.278 e. The number of fused-ring (bicyclic) bond motifs is 7. The number of para-hydroxylation sites is 3. The standard InChI is InChI=1S/C40H23N5S2/c1-2-11-24(12-3-1)37-42-38(44-40(43-37)45-32-18-7-4-13-26(32)27-14-5-8-19-33(27)45)29-16-10-15-28-30-23-25(21-22-34(30)46-36(28)29)39-41-31-17-6-9-20-35(31)47-39/h1-23H. The van der Waals surface area contributed by atoms with E-state index in [1.54, 1.807) is 22.7 Å². The summed E-state index contributed by atoms with van der Waals surface area (Å²) in [6.45, 7) is 0. The normalized spacial score (nSPS) is 11.8. The molecular weight excluding hydrogens is 615 g/mol. The van der Waals surface area contributed by atoms with Crippen molar-refractivity contribution in [3.63, 3.8) is 0 Å². The molecule has 5 nitrogen and oxygen atoms in total. The largest absolute Gasteiger partial charge is 0.278 e. The number of benzene rings is 6. The van der Waals surface area contributed by atoms with Crippen LogP contribution in [0.15, 0.2) is 140 Å². The summed E-state index contributed by atoms with van der Waals surface area (Å²) in [5.74, 6) is 1.89. The number of rotatable bonds is 4. The van der Waals surface area contributed by atoms with Gasteiger partial charge in [0.25, 0.3) is 0 Å². The summed E-state index contributed by atoms with van der Waals surface area (Å²) in [5.41, 5.74) is 6.23. The van der Waals surface area contributed by atoms with Gasteiger partial charge in [0.1, 0.15) is 5.01 Å². The van der Waals surface area contributed by atoms with Gasteiger partial charge in [-0.1, -0.05) is 97.1 Å². The van der Waals surface area contributed by atoms with Crippen LogP contribution in [0.3, 0.4) is 0 Å². The average molecular weight is 638 g/mol. The van der Waals surface area contributed by atoms with E-state index in [0.717, 1.165) is 42.9 Å². The minimum atomic E-state index is 0.600. The van der Waals surface area contributed by atoms with Gasteiger partial charge in [-0.05, 0) is 42.5 Å². The lowest BCUT2D eigenvalue weighted by atomic mass is 10.1. The molecule has 0 saturated carbocycles. The van der Waals surface area contributed by atoms with Gasteiger partial charge in [-0.15, -0.1) is 22.7 Å². The molecule has 10 rings (SSSR count). The van der Waals surface area contributed by atoms with E-state index in [-0.39, 0.29) is 0 Å². The maximum absolute atomic E-state index is 5.22. The molecule has 47 heavy (non-hydrogen) atoms. The van der Waals surface area contributed by atoms with E-state index in [0.29, 0.717) is 17.6 Å². The van der Waals surface area contributed by atoms with E-state index < -0.39 is 0 Å². The second-order valence-corrected chi connectivity index (χ2v) is 13.6. The van der Waals surface area contributed by atoms with Crippen LogP contribution < -0.4 is 0 Å². The van der Waals surface area contributed by atoms with Gasteiger partial charge in [0.2, 0.25) is 5.95 Å². The van der Waals surface area contributed by atoms with E-state index in [4.69, 9.17) is 19.9 Å². The molecule has 0 atom stereocenters. The molecule has 0 amide bonds. The number of aromatic nitrogens is 5. The number of nitrogens with zero attached hydrogens (tertiary/aromatic N) is 5. The fraction of sp³-hybridized carbons (Fsp3) is 0. The number of thiophene rings is 1. The third kappa shape index (κ3) is 4.21. The maximum Gasteiger partial charge on any atom is 0.238 e. The highest BCUT2D eigenvalue weighted by Crippen LogP contribution is 2.42. The Morgan fingerprint density at radius 2 is 1.15 bits per heavy atom. The molecule has 4 heterocycles. The second-order valence-electron chi connectivity index (χ2n) is 11.5. The van der Waals surface area contributed by atoms with Crippen molar-refractivity contribution in [1.29, 1.82) is 0 Å². The van der Waals surface area contributed by atoms with Crippen LogP contribution in [0.2, 0.25) is 0 Å². The van der Waals surface area contributed by atoms with Crippen molar-refractivity contribution in [3.05, 3.63) is 140 Å². The summed E-state index contributed by atoms with van der Waals surface area (Å²) < 4.78 is 5.74. The Morgan fingerprint density at radius 1 is 0.447 bits per heavy atom. The molecule has 0 aliphatic carbocycles. The smallest absolute Gasteiger partial charge is 0.238 e. The zero-order valence-electron chi connectivity index (χ0n) is 24.8. The van der Waals surface area contributed by atoms with E-state index >= 15 is 0 Å². The number of hydrogen-bond acceptors (Lipinski definition) is 6. The van der Waals surface area contributed by atoms with Crippen molar-refractivity contribution in [1.82, 2.24) is 24.5 Å². The quantitative estimate of drug-likeness (QED) is 0.193. The highest BCUT2D eigenvalue weighted by molar-refractivity contribution is 7.26. The third-order valence-corrected chi connectivity index (χ3v) is 11.0. The Kier molecular flexibility index (Phi) is 5.85. The first-order valence-corrected chi connectivity index (χ1v) is 17.0. The lowest BCUT2D eigenvalue weighted by Gasteiger charge is -2.11. The van der Waals surface area contributed by atoms with E-state index in [9.17, 15) is 0 Å². The summed E-state index contributed by atoms with van der Waals surface area (Å²) >= 11 is 3.51. The molecule has 0 saturated heterocycles. The van der Waals surface area contributed by atoms with Gasteiger partial charge >= 0.3 is 0 Å². The first-order valence-electron chi connectivity index (χ1n) is 15.4. The molecule has 0 aliphatic heterocycles. The molecule has 220 valence electrons. The lowest BCUT2D eigenvalue weighted by Crippen LogP contribution is -2.06. The summed E-state index contributed by atoms with van der Waals surface area (Å²) in [4.78, 5) is 20.4. The van der Waals surface area contributed by atoms with Gasteiger partial charge in [0.15, 0.2) is 11.6 Å². The molecule has 4 aromatic heterocycles. The van der Waals surface area contributed by atoms with Gasteiger partial charge in [0.05, 0.1) is 21.3 Å². The molecule has 0 N–H and O–H groups in total. The van der Waals surface area contributed by atoms with Gasteiger partial charge in [0, 0.05) is 47.6 Å². The zero-order valence-corrected chi connectivity index (χ0v) is 26.5. The summed E-state index contributed by atoms with van der Waals surface area (Å²) in [6.07, 6.45) is 0. The van der Waals surface area contributed by atoms with Crippen LogP contribution in [0.25, 0.3) is 91.5 Å². The molecule has 6 aromatic carbocycles. The minimum absolute atomic E-state index is 0.600. The fourth-order valence-corrected chi connectivity index (χ4v) is 8.70. The Hall–Kier alpha value is -5.76. The monoisotopic (exact) mass is 637 g/mol. The Balaban J connectivity index is 1.21. The predicted octanol–water partition coefficient (Wildman–Crippen LogP) is 10.9. The Bertz CT molecular complexity index is 2720. The van der Waals surface area contributed by atoms with Crippen LogP contribution in [0.5, 0.6) is 0 Å². The van der Waals surface area contributed by atoms with Gasteiger partial charge in [-0.3, -0.25) is 4.57 Å².